The molecule has 0 aromatic heterocycles. The molecule has 3 nitrogen and oxygen atoms in total. The molecule has 0 spiro atoms. The van der Waals surface area contributed by atoms with Crippen LogP contribution in [-0.4, -0.2) is 29.7 Å². The van der Waals surface area contributed by atoms with Crippen LogP contribution in [0.25, 0.3) is 0 Å². The highest BCUT2D eigenvalue weighted by Crippen LogP contribution is 2.01. The molecule has 0 aliphatic heterocycles. The van der Waals surface area contributed by atoms with Gasteiger partial charge in [0.25, 0.3) is 0 Å². The Labute approximate surface area is 123 Å². The van der Waals surface area contributed by atoms with Crippen LogP contribution in [0, 0.1) is 0 Å². The molecular formula is C15H20O3P2. The van der Waals surface area contributed by atoms with Gasteiger partial charge in [-0.15, -0.1) is 0 Å². The Bertz CT molecular complexity index is 418. The van der Waals surface area contributed by atoms with Crippen molar-refractivity contribution in [1.29, 1.82) is 0 Å². The molecule has 2 unspecified atom stereocenters. The molecule has 108 valence electrons. The highest BCUT2D eigenvalue weighted by molar-refractivity contribution is 7.46. The molecule has 0 saturated heterocycles. The van der Waals surface area contributed by atoms with Gasteiger partial charge in [-0.05, 0) is 23.9 Å². The molecule has 0 fully saturated rings. The zero-order chi connectivity index (χ0) is 15.2. The Morgan fingerprint density at radius 1 is 0.750 bits per heavy atom. The van der Waals surface area contributed by atoms with E-state index >= 15 is 0 Å². The van der Waals surface area contributed by atoms with Crippen molar-refractivity contribution in [1.82, 2.24) is 0 Å². The van der Waals surface area contributed by atoms with Crippen LogP contribution in [0.15, 0.2) is 60.7 Å². The lowest BCUT2D eigenvalue weighted by atomic mass is 10.4. The first kappa shape index (κ1) is 18.6. The molecule has 2 aromatic rings. The number of hydrogen-bond acceptors (Lipinski definition) is 1. The Hall–Kier alpha value is -1.43. The Morgan fingerprint density at radius 2 is 1.00 bits per heavy atom. The molecule has 0 heterocycles. The molecule has 0 aliphatic carbocycles. The minimum absolute atomic E-state index is 0.930. The topological polar surface area (TPSA) is 57.5 Å². The summed E-state index contributed by atoms with van der Waals surface area (Å²) in [6, 6.07) is 21.0. The number of carbonyl (C=O) groups is 1. The smallest absolute Gasteiger partial charge is 0.450 e. The van der Waals surface area contributed by atoms with Gasteiger partial charge in [0.15, 0.2) is 0 Å². The molecular weight excluding hydrogens is 290 g/mol. The summed E-state index contributed by atoms with van der Waals surface area (Å²) in [6.45, 7) is 4.38. The third-order valence-corrected chi connectivity index (χ3v) is 3.95. The Kier molecular flexibility index (Phi) is 11.7. The summed E-state index contributed by atoms with van der Waals surface area (Å²) in [7, 11) is 1.86. The van der Waals surface area contributed by atoms with Crippen LogP contribution < -0.4 is 10.6 Å². The second kappa shape index (κ2) is 12.6. The van der Waals surface area contributed by atoms with E-state index in [2.05, 4.69) is 61.9 Å². The Balaban J connectivity index is 0.000000289. The van der Waals surface area contributed by atoms with Crippen molar-refractivity contribution in [3.05, 3.63) is 60.7 Å². The third kappa shape index (κ3) is 11.6. The van der Waals surface area contributed by atoms with Gasteiger partial charge in [0.05, 0.1) is 0 Å². The fourth-order valence-corrected chi connectivity index (χ4v) is 2.26. The molecule has 5 heteroatoms. The first-order valence-electron chi connectivity index (χ1n) is 5.97. The zero-order valence-electron chi connectivity index (χ0n) is 11.6. The van der Waals surface area contributed by atoms with Crippen molar-refractivity contribution < 1.29 is 15.0 Å². The van der Waals surface area contributed by atoms with Crippen LogP contribution in [-0.2, 0) is 0 Å². The van der Waals surface area contributed by atoms with Gasteiger partial charge < -0.3 is 10.2 Å². The lowest BCUT2D eigenvalue weighted by molar-refractivity contribution is 0.137. The van der Waals surface area contributed by atoms with E-state index < -0.39 is 6.16 Å². The van der Waals surface area contributed by atoms with Crippen LogP contribution in [0.4, 0.5) is 4.79 Å². The summed E-state index contributed by atoms with van der Waals surface area (Å²) in [5.41, 5.74) is 0. The van der Waals surface area contributed by atoms with Crippen molar-refractivity contribution in [2.24, 2.45) is 0 Å². The molecule has 2 N–H and O–H groups in total. The van der Waals surface area contributed by atoms with Gasteiger partial charge in [0.1, 0.15) is 0 Å². The second-order valence-corrected chi connectivity index (χ2v) is 5.67. The molecule has 0 radical (unpaired) electrons. The second-order valence-electron chi connectivity index (χ2n) is 3.51. The predicted molar refractivity (Wildman–Crippen MR) is 91.3 cm³/mol. The average molecular weight is 310 g/mol. The van der Waals surface area contributed by atoms with Gasteiger partial charge in [-0.2, -0.15) is 0 Å². The van der Waals surface area contributed by atoms with Crippen LogP contribution in [0.5, 0.6) is 0 Å². The van der Waals surface area contributed by atoms with Crippen molar-refractivity contribution in [2.45, 2.75) is 0 Å². The third-order valence-electron chi connectivity index (χ3n) is 2.12. The quantitative estimate of drug-likeness (QED) is 0.835. The van der Waals surface area contributed by atoms with Crippen LogP contribution in [0.3, 0.4) is 0 Å². The normalized spacial score (nSPS) is 9.70. The minimum atomic E-state index is -1.83. The molecule has 2 atom stereocenters. The lowest BCUT2D eigenvalue weighted by Gasteiger charge is -1.89. The van der Waals surface area contributed by atoms with Crippen LogP contribution in [0.1, 0.15) is 0 Å². The van der Waals surface area contributed by atoms with E-state index in [0.29, 0.717) is 0 Å². The van der Waals surface area contributed by atoms with Crippen molar-refractivity contribution >= 4 is 33.9 Å². The van der Waals surface area contributed by atoms with E-state index in [4.69, 9.17) is 15.0 Å². The fourth-order valence-electron chi connectivity index (χ4n) is 1.21. The van der Waals surface area contributed by atoms with E-state index in [9.17, 15) is 0 Å². The van der Waals surface area contributed by atoms with E-state index in [0.717, 1.165) is 17.2 Å². The number of carboxylic acid groups (broad SMARTS) is 2. The maximum Gasteiger partial charge on any atom is 0.503 e. The van der Waals surface area contributed by atoms with Crippen molar-refractivity contribution in [2.75, 3.05) is 13.3 Å². The maximum absolute atomic E-state index is 8.56. The van der Waals surface area contributed by atoms with Gasteiger partial charge in [-0.1, -0.05) is 77.8 Å². The monoisotopic (exact) mass is 310 g/mol. The summed E-state index contributed by atoms with van der Waals surface area (Å²) in [6.07, 6.45) is -1.83. The fraction of sp³-hybridized carbons (Fsp3) is 0.133. The largest absolute Gasteiger partial charge is 0.503 e. The van der Waals surface area contributed by atoms with Crippen molar-refractivity contribution in [3.8, 4) is 0 Å². The van der Waals surface area contributed by atoms with E-state index in [-0.39, 0.29) is 0 Å². The Morgan fingerprint density at radius 3 is 1.15 bits per heavy atom. The lowest BCUT2D eigenvalue weighted by Crippen LogP contribution is -1.87. The molecule has 2 aromatic carbocycles. The van der Waals surface area contributed by atoms with E-state index in [1.54, 1.807) is 0 Å². The number of hydrogen-bond donors (Lipinski definition) is 2. The summed E-state index contributed by atoms with van der Waals surface area (Å²) in [4.78, 5) is 8.56. The van der Waals surface area contributed by atoms with Crippen molar-refractivity contribution in [3.63, 3.8) is 0 Å². The SMILES string of the molecule is CPc1ccccc1.CPc1ccccc1.O=C(O)O. The van der Waals surface area contributed by atoms with Gasteiger partial charge in [-0.3, -0.25) is 0 Å². The molecule has 0 saturated carbocycles. The average Bonchev–Trinajstić information content (AvgIpc) is 2.49. The highest BCUT2D eigenvalue weighted by atomic mass is 31.1. The first-order valence-corrected chi connectivity index (χ1v) is 8.97. The standard InChI is InChI=1S/2C7H9P.CH2O3/c2*1-8-7-5-3-2-4-6-7;2-1(3)4/h2*2-6,8H,1H3;(H2,2,3,4). The summed E-state index contributed by atoms with van der Waals surface area (Å²) in [5.74, 6) is 0. The predicted octanol–water partition coefficient (Wildman–Crippen LogP) is 3.46. The summed E-state index contributed by atoms with van der Waals surface area (Å²) < 4.78 is 0. The maximum atomic E-state index is 8.56. The van der Waals surface area contributed by atoms with Gasteiger partial charge in [0, 0.05) is 0 Å². The molecule has 0 amide bonds. The molecule has 0 aliphatic rings. The van der Waals surface area contributed by atoms with Crippen LogP contribution >= 0.6 is 17.2 Å². The van der Waals surface area contributed by atoms with Gasteiger partial charge in [-0.25, -0.2) is 4.79 Å². The van der Waals surface area contributed by atoms with E-state index in [1.807, 2.05) is 12.1 Å². The van der Waals surface area contributed by atoms with E-state index in [1.165, 1.54) is 10.6 Å². The molecule has 0 bridgehead atoms. The summed E-state index contributed by atoms with van der Waals surface area (Å²) in [5, 5.41) is 16.8. The first-order chi connectivity index (χ1) is 9.60. The summed E-state index contributed by atoms with van der Waals surface area (Å²) >= 11 is 0. The minimum Gasteiger partial charge on any atom is -0.450 e. The van der Waals surface area contributed by atoms with Crippen LogP contribution in [0.2, 0.25) is 0 Å². The molecule has 20 heavy (non-hydrogen) atoms. The number of rotatable bonds is 2. The van der Waals surface area contributed by atoms with Gasteiger partial charge in [0.2, 0.25) is 0 Å². The van der Waals surface area contributed by atoms with Gasteiger partial charge >= 0.3 is 6.16 Å². The zero-order valence-corrected chi connectivity index (χ0v) is 13.6. The molecule has 2 rings (SSSR count). The number of benzene rings is 2. The highest BCUT2D eigenvalue weighted by Gasteiger charge is 1.80.